The summed E-state index contributed by atoms with van der Waals surface area (Å²) in [5.41, 5.74) is 0.693. The highest BCUT2D eigenvalue weighted by Crippen LogP contribution is 2.50. The molecule has 0 radical (unpaired) electrons. The van der Waals surface area contributed by atoms with Crippen molar-refractivity contribution in [3.05, 3.63) is 134 Å². The van der Waals surface area contributed by atoms with Crippen LogP contribution in [0, 0.1) is 0 Å². The second kappa shape index (κ2) is 17.2. The van der Waals surface area contributed by atoms with Crippen LogP contribution in [0.2, 0.25) is 0 Å². The van der Waals surface area contributed by atoms with Gasteiger partial charge in [-0.25, -0.2) is 29.2 Å². The van der Waals surface area contributed by atoms with Gasteiger partial charge in [-0.2, -0.15) is 0 Å². The minimum absolute atomic E-state index is 0.149. The fraction of sp³-hybridized carbons (Fsp3) is 0.231. The van der Waals surface area contributed by atoms with Crippen LogP contribution in [0.4, 0.5) is 10.2 Å². The molecule has 0 spiro atoms. The molecule has 55 heavy (non-hydrogen) atoms. The summed E-state index contributed by atoms with van der Waals surface area (Å²) in [6, 6.07) is 37.9. The number of carbonyl (C=O) groups excluding carboxylic acids is 1. The predicted molar refractivity (Wildman–Crippen MR) is 219 cm³/mol. The van der Waals surface area contributed by atoms with Crippen LogP contribution in [0.5, 0.6) is 5.75 Å². The number of nitrogens with zero attached hydrogens (tertiary/aromatic N) is 5. The third-order valence-corrected chi connectivity index (χ3v) is 15.5. The van der Waals surface area contributed by atoms with Gasteiger partial charge >= 0.3 is 13.5 Å². The van der Waals surface area contributed by atoms with Crippen LogP contribution >= 0.6 is 37.2 Å². The summed E-state index contributed by atoms with van der Waals surface area (Å²) < 4.78 is 59.6. The van der Waals surface area contributed by atoms with Crippen molar-refractivity contribution in [1.82, 2.24) is 24.6 Å². The number of halogens is 2. The third-order valence-electron chi connectivity index (χ3n) is 8.79. The Balaban J connectivity index is 1.21. The van der Waals surface area contributed by atoms with Gasteiger partial charge in [0.25, 0.3) is 0 Å². The van der Waals surface area contributed by atoms with Gasteiger partial charge in [0.1, 0.15) is 18.1 Å². The second-order valence-electron chi connectivity index (χ2n) is 12.5. The standard InChI is InChI=1S/C39H38FIN6O6P2/c1-3-50-38(48)27(2)45-54(49,53-28-16-8-4-9-17-28)26-51-39-33(41)32(40)37(52-39)47-25-44-34-35(42-24-43-36(34)47)46-55(29-18-10-5-11-19-29,30-20-12-6-13-21-30)31-22-14-7-15-23-31/h4-25,27,32-33,37,39H,3,26H2,1-2H3,(H,45,49)/t27-,32-,33-,37+,39-,54-/m0/s1. The van der Waals surface area contributed by atoms with E-state index in [2.05, 4.69) is 56.4 Å². The molecule has 0 bridgehead atoms. The number of benzene rings is 4. The fourth-order valence-electron chi connectivity index (χ4n) is 6.27. The molecule has 1 saturated heterocycles. The van der Waals surface area contributed by atoms with E-state index in [1.807, 2.05) is 77.2 Å². The Morgan fingerprint density at radius 2 is 1.47 bits per heavy atom. The highest BCUT2D eigenvalue weighted by Gasteiger charge is 2.47. The lowest BCUT2D eigenvalue weighted by molar-refractivity contribution is -0.144. The normalized spacial score (nSPS) is 20.1. The Morgan fingerprint density at radius 3 is 2.04 bits per heavy atom. The van der Waals surface area contributed by atoms with E-state index >= 15 is 4.39 Å². The summed E-state index contributed by atoms with van der Waals surface area (Å²) in [4.78, 5) is 26.2. The Bertz CT molecular complexity index is 2220. The molecule has 16 heteroatoms. The van der Waals surface area contributed by atoms with Crippen molar-refractivity contribution in [3.8, 4) is 5.75 Å². The Labute approximate surface area is 331 Å². The zero-order valence-electron chi connectivity index (χ0n) is 29.8. The first kappa shape index (κ1) is 39.0. The highest BCUT2D eigenvalue weighted by molar-refractivity contribution is 14.1. The molecule has 2 aromatic heterocycles. The number of hydrogen-bond donors (Lipinski definition) is 1. The summed E-state index contributed by atoms with van der Waals surface area (Å²) >= 11 is 1.92. The quantitative estimate of drug-likeness (QED) is 0.0509. The van der Waals surface area contributed by atoms with E-state index in [0.29, 0.717) is 22.7 Å². The first-order valence-corrected chi connectivity index (χ1v) is 22.3. The maximum atomic E-state index is 16.2. The molecule has 3 heterocycles. The van der Waals surface area contributed by atoms with Crippen molar-refractivity contribution in [2.24, 2.45) is 4.74 Å². The number of carbonyl (C=O) groups is 1. The molecule has 0 amide bonds. The van der Waals surface area contributed by atoms with E-state index in [1.165, 1.54) is 24.1 Å². The molecular formula is C39H38FIN6O6P2. The summed E-state index contributed by atoms with van der Waals surface area (Å²) in [5.74, 6) is 0.0335. The van der Waals surface area contributed by atoms with Crippen LogP contribution in [0.3, 0.4) is 0 Å². The van der Waals surface area contributed by atoms with Crippen LogP contribution in [0.1, 0.15) is 20.1 Å². The molecule has 0 aliphatic carbocycles. The van der Waals surface area contributed by atoms with Gasteiger partial charge in [0.2, 0.25) is 0 Å². The monoisotopic (exact) mass is 894 g/mol. The lowest BCUT2D eigenvalue weighted by Crippen LogP contribution is -2.36. The smallest absolute Gasteiger partial charge is 0.342 e. The Hall–Kier alpha value is -4.30. The van der Waals surface area contributed by atoms with E-state index in [-0.39, 0.29) is 6.61 Å². The maximum absolute atomic E-state index is 16.2. The van der Waals surface area contributed by atoms with Crippen LogP contribution < -0.4 is 25.5 Å². The molecule has 1 aliphatic heterocycles. The topological polar surface area (TPSA) is 139 Å². The number of aromatic nitrogens is 4. The minimum Gasteiger partial charge on any atom is -0.465 e. The summed E-state index contributed by atoms with van der Waals surface area (Å²) in [7, 11) is -6.64. The zero-order chi connectivity index (χ0) is 38.4. The number of rotatable bonds is 14. The molecule has 1 N–H and O–H groups in total. The van der Waals surface area contributed by atoms with Gasteiger partial charge in [-0.15, -0.1) is 0 Å². The van der Waals surface area contributed by atoms with Gasteiger partial charge in [-0.3, -0.25) is 13.9 Å². The van der Waals surface area contributed by atoms with Gasteiger partial charge in [-0.05, 0) is 26.0 Å². The van der Waals surface area contributed by atoms with E-state index < -0.39 is 55.5 Å². The number of hydrogen-bond acceptors (Lipinski definition) is 10. The van der Waals surface area contributed by atoms with Crippen LogP contribution in [-0.4, -0.2) is 60.9 Å². The fourth-order valence-corrected chi connectivity index (χ4v) is 12.2. The average molecular weight is 895 g/mol. The largest absolute Gasteiger partial charge is 0.465 e. The maximum Gasteiger partial charge on any atom is 0.342 e. The van der Waals surface area contributed by atoms with Gasteiger partial charge in [0, 0.05) is 15.9 Å². The number of para-hydroxylation sites is 1. The number of imidazole rings is 1. The van der Waals surface area contributed by atoms with Crippen molar-refractivity contribution in [3.63, 3.8) is 0 Å². The molecule has 1 aliphatic rings. The van der Waals surface area contributed by atoms with E-state index in [9.17, 15) is 9.36 Å². The molecule has 4 aromatic carbocycles. The average Bonchev–Trinajstić information content (AvgIpc) is 3.77. The molecular weight excluding hydrogens is 856 g/mol. The number of ether oxygens (including phenoxy) is 3. The van der Waals surface area contributed by atoms with Crippen molar-refractivity contribution < 1.29 is 32.5 Å². The lowest BCUT2D eigenvalue weighted by atomic mass is 10.3. The van der Waals surface area contributed by atoms with Crippen molar-refractivity contribution in [2.75, 3.05) is 13.0 Å². The lowest BCUT2D eigenvalue weighted by Gasteiger charge is -2.26. The predicted octanol–water partition coefficient (Wildman–Crippen LogP) is 7.42. The van der Waals surface area contributed by atoms with Crippen molar-refractivity contribution in [1.29, 1.82) is 0 Å². The number of fused-ring (bicyclic) bond motifs is 1. The summed E-state index contributed by atoms with van der Waals surface area (Å²) in [5, 5.41) is 5.81. The van der Waals surface area contributed by atoms with E-state index in [0.717, 1.165) is 15.9 Å². The minimum atomic E-state index is -3.92. The van der Waals surface area contributed by atoms with Crippen LogP contribution in [-0.2, 0) is 23.6 Å². The molecule has 12 nitrogen and oxygen atoms in total. The van der Waals surface area contributed by atoms with Crippen LogP contribution in [0.15, 0.2) is 139 Å². The Kier molecular flexibility index (Phi) is 12.2. The van der Waals surface area contributed by atoms with E-state index in [1.54, 1.807) is 37.3 Å². The molecule has 6 atom stereocenters. The van der Waals surface area contributed by atoms with Crippen molar-refractivity contribution >= 4 is 76.0 Å². The SMILES string of the molecule is CCOC(=O)[C@H](C)N[P@](=O)(CO[C@H]1O[C@@H](n2cnc3c(N=P(c4ccccc4)(c4ccccc4)c4ccccc4)ncnc32)[C@@H](F)[C@@H]1I)Oc1ccccc1. The molecule has 1 fully saturated rings. The number of alkyl halides is 2. The second-order valence-corrected chi connectivity index (χ2v) is 19.0. The first-order valence-electron chi connectivity index (χ1n) is 17.5. The number of nitrogens with one attached hydrogen (secondary N) is 1. The molecule has 6 aromatic rings. The number of esters is 1. The molecule has 284 valence electrons. The van der Waals surface area contributed by atoms with Gasteiger partial charge in [0.05, 0.1) is 23.9 Å². The first-order chi connectivity index (χ1) is 26.7. The van der Waals surface area contributed by atoms with Gasteiger partial charge in [-0.1, -0.05) is 132 Å². The molecule has 0 unspecified atom stereocenters. The van der Waals surface area contributed by atoms with Gasteiger partial charge in [0.15, 0.2) is 42.0 Å². The van der Waals surface area contributed by atoms with Crippen molar-refractivity contribution in [2.45, 2.75) is 42.5 Å². The highest BCUT2D eigenvalue weighted by atomic mass is 127. The van der Waals surface area contributed by atoms with Crippen LogP contribution in [0.25, 0.3) is 11.2 Å². The zero-order valence-corrected chi connectivity index (χ0v) is 33.8. The summed E-state index contributed by atoms with van der Waals surface area (Å²) in [6.45, 7) is 3.34. The van der Waals surface area contributed by atoms with E-state index in [4.69, 9.17) is 23.5 Å². The van der Waals surface area contributed by atoms with Gasteiger partial charge < -0.3 is 18.7 Å². The molecule has 0 saturated carbocycles. The third kappa shape index (κ3) is 8.30. The summed E-state index contributed by atoms with van der Waals surface area (Å²) in [6.07, 6.45) is -1.61. The Morgan fingerprint density at radius 1 is 0.909 bits per heavy atom. The molecule has 7 rings (SSSR count).